The van der Waals surface area contributed by atoms with Crippen LogP contribution in [0.3, 0.4) is 0 Å². The highest BCUT2D eigenvalue weighted by Crippen LogP contribution is 2.47. The Morgan fingerprint density at radius 2 is 1.83 bits per heavy atom. The van der Waals surface area contributed by atoms with E-state index in [1.165, 1.54) is 0 Å². The molecule has 0 radical (unpaired) electrons. The summed E-state index contributed by atoms with van der Waals surface area (Å²) in [5.41, 5.74) is 3.64. The molecule has 0 amide bonds. The minimum atomic E-state index is -0.554. The molecule has 3 unspecified atom stereocenters. The third kappa shape index (κ3) is 3.61. The average molecular weight is 400 g/mol. The molecule has 0 aromatic heterocycles. The molecule has 0 saturated heterocycles. The molecule has 0 spiro atoms. The van der Waals surface area contributed by atoms with Crippen molar-refractivity contribution < 1.29 is 14.3 Å². The van der Waals surface area contributed by atoms with Gasteiger partial charge in [-0.25, -0.2) is 4.79 Å². The Hall–Kier alpha value is -3.39. The van der Waals surface area contributed by atoms with Crippen LogP contribution in [0, 0.1) is 17.2 Å². The lowest BCUT2D eigenvalue weighted by atomic mass is 9.74. The first-order valence-corrected chi connectivity index (χ1v) is 10.2. The number of benzene rings is 2. The molecule has 2 aromatic carbocycles. The number of carbonyl (C=O) groups is 1. The average Bonchev–Trinajstić information content (AvgIpc) is 2.73. The Morgan fingerprint density at radius 3 is 2.53 bits per heavy atom. The first-order chi connectivity index (χ1) is 14.5. The van der Waals surface area contributed by atoms with Gasteiger partial charge in [0.1, 0.15) is 11.9 Å². The number of ether oxygens (including phenoxy) is 2. The molecule has 0 saturated carbocycles. The van der Waals surface area contributed by atoms with Gasteiger partial charge in [-0.2, -0.15) is 5.26 Å². The number of aliphatic imine (C=N–C) groups is 1. The number of para-hydroxylation sites is 1. The van der Waals surface area contributed by atoms with E-state index < -0.39 is 17.8 Å². The second kappa shape index (κ2) is 8.16. The highest BCUT2D eigenvalue weighted by Gasteiger charge is 2.43. The first-order valence-electron chi connectivity index (χ1n) is 10.2. The predicted octanol–water partition coefficient (Wildman–Crippen LogP) is 5.11. The molecule has 2 aliphatic heterocycles. The van der Waals surface area contributed by atoms with Crippen molar-refractivity contribution in [3.05, 3.63) is 77.0 Å². The fourth-order valence-electron chi connectivity index (χ4n) is 4.20. The molecule has 152 valence electrons. The van der Waals surface area contributed by atoms with Gasteiger partial charge in [-0.15, -0.1) is 0 Å². The molecule has 5 heteroatoms. The van der Waals surface area contributed by atoms with Crippen molar-refractivity contribution in [1.29, 1.82) is 5.26 Å². The van der Waals surface area contributed by atoms with Crippen LogP contribution in [0.5, 0.6) is 5.75 Å². The van der Waals surface area contributed by atoms with E-state index in [1.54, 1.807) is 0 Å². The van der Waals surface area contributed by atoms with Crippen LogP contribution in [-0.2, 0) is 9.53 Å². The lowest BCUT2D eigenvalue weighted by Crippen LogP contribution is -2.33. The van der Waals surface area contributed by atoms with Gasteiger partial charge in [0.2, 0.25) is 0 Å². The monoisotopic (exact) mass is 400 g/mol. The number of nitrogens with zero attached hydrogens (tertiary/aromatic N) is 2. The van der Waals surface area contributed by atoms with Gasteiger partial charge < -0.3 is 9.47 Å². The number of nitriles is 1. The number of carbonyl (C=O) groups excluding carboxylic acids is 1. The summed E-state index contributed by atoms with van der Waals surface area (Å²) in [6, 6.07) is 19.6. The molecule has 5 nitrogen and oxygen atoms in total. The summed E-state index contributed by atoms with van der Waals surface area (Å²) < 4.78 is 11.8. The van der Waals surface area contributed by atoms with E-state index in [0.29, 0.717) is 29.2 Å². The van der Waals surface area contributed by atoms with E-state index in [1.807, 2.05) is 75.4 Å². The Labute approximate surface area is 176 Å². The number of esters is 1. The fourth-order valence-corrected chi connectivity index (χ4v) is 4.20. The van der Waals surface area contributed by atoms with E-state index in [2.05, 4.69) is 11.1 Å². The van der Waals surface area contributed by atoms with Crippen molar-refractivity contribution in [3.8, 4) is 11.8 Å². The first kappa shape index (κ1) is 19.9. The zero-order valence-corrected chi connectivity index (χ0v) is 17.3. The maximum absolute atomic E-state index is 13.2. The SMILES string of the molecule is CC1=NC2=C(C(=O)OC(c3ccccc3)C2)C(c2ccccc2OC(C)C)C1C#N. The van der Waals surface area contributed by atoms with Gasteiger partial charge in [-0.1, -0.05) is 48.5 Å². The van der Waals surface area contributed by atoms with E-state index in [4.69, 9.17) is 9.47 Å². The summed E-state index contributed by atoms with van der Waals surface area (Å²) in [7, 11) is 0. The molecule has 3 atom stereocenters. The maximum atomic E-state index is 13.2. The second-order valence-corrected chi connectivity index (χ2v) is 7.91. The Kier molecular flexibility index (Phi) is 5.41. The molecule has 4 rings (SSSR count). The van der Waals surface area contributed by atoms with E-state index >= 15 is 0 Å². The molecule has 2 heterocycles. The van der Waals surface area contributed by atoms with Crippen LogP contribution in [0.1, 0.15) is 50.3 Å². The third-order valence-corrected chi connectivity index (χ3v) is 5.49. The molecule has 0 bridgehead atoms. The summed E-state index contributed by atoms with van der Waals surface area (Å²) in [6.07, 6.45) is 0.0827. The second-order valence-electron chi connectivity index (χ2n) is 7.91. The fraction of sp³-hybridized carbons (Fsp3) is 0.320. The molecular weight excluding hydrogens is 376 g/mol. The minimum Gasteiger partial charge on any atom is -0.491 e. The van der Waals surface area contributed by atoms with E-state index in [9.17, 15) is 10.1 Å². The van der Waals surface area contributed by atoms with Gasteiger partial charge in [-0.05, 0) is 32.4 Å². The molecule has 0 N–H and O–H groups in total. The highest BCUT2D eigenvalue weighted by atomic mass is 16.5. The molecule has 2 aliphatic rings. The predicted molar refractivity (Wildman–Crippen MR) is 114 cm³/mol. The maximum Gasteiger partial charge on any atom is 0.337 e. The van der Waals surface area contributed by atoms with Crippen molar-refractivity contribution in [2.24, 2.45) is 10.9 Å². The number of cyclic esters (lactones) is 1. The highest BCUT2D eigenvalue weighted by molar-refractivity contribution is 5.99. The summed E-state index contributed by atoms with van der Waals surface area (Å²) >= 11 is 0. The lowest BCUT2D eigenvalue weighted by Gasteiger charge is -2.35. The zero-order chi connectivity index (χ0) is 21.3. The van der Waals surface area contributed by atoms with Crippen LogP contribution in [0.2, 0.25) is 0 Å². The number of hydrogen-bond donors (Lipinski definition) is 0. The Morgan fingerprint density at radius 1 is 1.13 bits per heavy atom. The lowest BCUT2D eigenvalue weighted by molar-refractivity contribution is -0.146. The zero-order valence-electron chi connectivity index (χ0n) is 17.3. The van der Waals surface area contributed by atoms with Crippen molar-refractivity contribution in [2.75, 3.05) is 0 Å². The van der Waals surface area contributed by atoms with Crippen LogP contribution >= 0.6 is 0 Å². The molecule has 2 aromatic rings. The van der Waals surface area contributed by atoms with Gasteiger partial charge in [-0.3, -0.25) is 4.99 Å². The van der Waals surface area contributed by atoms with Gasteiger partial charge in [0.05, 0.1) is 29.4 Å². The summed E-state index contributed by atoms with van der Waals surface area (Å²) in [6.45, 7) is 5.76. The largest absolute Gasteiger partial charge is 0.491 e. The molecule has 0 fully saturated rings. The number of hydrogen-bond acceptors (Lipinski definition) is 5. The quantitative estimate of drug-likeness (QED) is 0.668. The van der Waals surface area contributed by atoms with Crippen molar-refractivity contribution in [1.82, 2.24) is 0 Å². The number of rotatable bonds is 4. The standard InChI is InChI=1S/C25H24N2O3/c1-15(2)29-21-12-8-7-11-18(21)23-19(14-26)16(3)27-20-13-22(30-25(28)24(20)23)17-9-5-4-6-10-17/h4-12,15,19,22-23H,13H2,1-3H3. The van der Waals surface area contributed by atoms with Gasteiger partial charge in [0.25, 0.3) is 0 Å². The van der Waals surface area contributed by atoms with Gasteiger partial charge >= 0.3 is 5.97 Å². The smallest absolute Gasteiger partial charge is 0.337 e. The van der Waals surface area contributed by atoms with Crippen LogP contribution in [0.25, 0.3) is 0 Å². The van der Waals surface area contributed by atoms with Crippen LogP contribution in [0.4, 0.5) is 0 Å². The Balaban J connectivity index is 1.82. The van der Waals surface area contributed by atoms with Crippen LogP contribution < -0.4 is 4.74 Å². The van der Waals surface area contributed by atoms with Gasteiger partial charge in [0.15, 0.2) is 0 Å². The van der Waals surface area contributed by atoms with Crippen molar-refractivity contribution in [3.63, 3.8) is 0 Å². The summed E-state index contributed by atoms with van der Waals surface area (Å²) in [5, 5.41) is 9.93. The van der Waals surface area contributed by atoms with Crippen LogP contribution in [0.15, 0.2) is 70.9 Å². The summed E-state index contributed by atoms with van der Waals surface area (Å²) in [4.78, 5) is 17.9. The Bertz CT molecular complexity index is 1060. The van der Waals surface area contributed by atoms with E-state index in [0.717, 1.165) is 11.1 Å². The van der Waals surface area contributed by atoms with E-state index in [-0.39, 0.29) is 12.2 Å². The molecule has 30 heavy (non-hydrogen) atoms. The van der Waals surface area contributed by atoms with Crippen LogP contribution in [-0.4, -0.2) is 17.8 Å². The van der Waals surface area contributed by atoms with Crippen molar-refractivity contribution >= 4 is 11.7 Å². The molecular formula is C25H24N2O3. The third-order valence-electron chi connectivity index (χ3n) is 5.49. The summed E-state index contributed by atoms with van der Waals surface area (Å²) in [5.74, 6) is -0.758. The minimum absolute atomic E-state index is 0.0285. The van der Waals surface area contributed by atoms with Gasteiger partial charge in [0, 0.05) is 23.6 Å². The van der Waals surface area contributed by atoms with Crippen molar-refractivity contribution in [2.45, 2.75) is 45.3 Å². The normalized spacial score (nSPS) is 23.4. The topological polar surface area (TPSA) is 71.7 Å². The molecule has 0 aliphatic carbocycles.